The molecule has 0 spiro atoms. The maximum absolute atomic E-state index is 12.8. The number of H-pyrrole nitrogens is 1. The van der Waals surface area contributed by atoms with Gasteiger partial charge in [0, 0.05) is 25.7 Å². The van der Waals surface area contributed by atoms with Crippen LogP contribution in [0.2, 0.25) is 0 Å². The number of Topliss-reactive ketones (excluding diaryl/α,β-unsaturated/α-hetero) is 1. The molecule has 0 radical (unpaired) electrons. The number of fused-ring (bicyclic) bond motifs is 1. The minimum atomic E-state index is -4.51. The number of aromatic amines is 1. The Balaban J connectivity index is 1.34. The SMILES string of the molecule is O=C(CNc1cccc(C(F)(F)F)n1)CC1CCCN(c2ncnc3[nH]ccc23)C1. The molecule has 0 amide bonds. The van der Waals surface area contributed by atoms with Gasteiger partial charge in [0.25, 0.3) is 0 Å². The molecule has 7 nitrogen and oxygen atoms in total. The molecular weight excluding hydrogens is 397 g/mol. The van der Waals surface area contributed by atoms with Gasteiger partial charge in [0.2, 0.25) is 0 Å². The lowest BCUT2D eigenvalue weighted by Crippen LogP contribution is -2.37. The van der Waals surface area contributed by atoms with Crippen molar-refractivity contribution in [1.29, 1.82) is 0 Å². The number of ketones is 1. The molecule has 3 aromatic heterocycles. The monoisotopic (exact) mass is 418 g/mol. The molecule has 10 heteroatoms. The van der Waals surface area contributed by atoms with Gasteiger partial charge in [-0.25, -0.2) is 15.0 Å². The summed E-state index contributed by atoms with van der Waals surface area (Å²) in [6.45, 7) is 1.50. The van der Waals surface area contributed by atoms with E-state index in [2.05, 4.69) is 30.2 Å². The molecule has 2 N–H and O–H groups in total. The lowest BCUT2D eigenvalue weighted by atomic mass is 9.92. The van der Waals surface area contributed by atoms with Crippen molar-refractivity contribution in [2.75, 3.05) is 29.9 Å². The highest BCUT2D eigenvalue weighted by atomic mass is 19.4. The van der Waals surface area contributed by atoms with E-state index < -0.39 is 11.9 Å². The van der Waals surface area contributed by atoms with Crippen LogP contribution in [0.25, 0.3) is 11.0 Å². The van der Waals surface area contributed by atoms with E-state index in [1.807, 2.05) is 12.3 Å². The van der Waals surface area contributed by atoms with E-state index in [-0.39, 0.29) is 24.1 Å². The second-order valence-corrected chi connectivity index (χ2v) is 7.39. The summed E-state index contributed by atoms with van der Waals surface area (Å²) in [5, 5.41) is 3.66. The Kier molecular flexibility index (Phi) is 5.56. The summed E-state index contributed by atoms with van der Waals surface area (Å²) in [5.41, 5.74) is -0.209. The molecule has 0 bridgehead atoms. The molecule has 0 aliphatic carbocycles. The highest BCUT2D eigenvalue weighted by molar-refractivity contribution is 5.87. The number of rotatable bonds is 6. The van der Waals surface area contributed by atoms with Crippen molar-refractivity contribution in [2.24, 2.45) is 5.92 Å². The molecule has 4 heterocycles. The Morgan fingerprint density at radius 2 is 2.13 bits per heavy atom. The number of nitrogens with zero attached hydrogens (tertiary/aromatic N) is 4. The number of carbonyl (C=O) groups is 1. The van der Waals surface area contributed by atoms with Gasteiger partial charge in [0.1, 0.15) is 29.3 Å². The van der Waals surface area contributed by atoms with Crippen LogP contribution in [0, 0.1) is 5.92 Å². The van der Waals surface area contributed by atoms with Gasteiger partial charge in [0.05, 0.1) is 11.9 Å². The fourth-order valence-corrected chi connectivity index (χ4v) is 3.81. The summed E-state index contributed by atoms with van der Waals surface area (Å²) in [7, 11) is 0. The van der Waals surface area contributed by atoms with Crippen LogP contribution in [-0.2, 0) is 11.0 Å². The van der Waals surface area contributed by atoms with Crippen LogP contribution >= 0.6 is 0 Å². The molecule has 1 aliphatic heterocycles. The zero-order chi connectivity index (χ0) is 21.1. The number of carbonyl (C=O) groups excluding carboxylic acids is 1. The van der Waals surface area contributed by atoms with Gasteiger partial charge in [-0.1, -0.05) is 6.07 Å². The number of pyridine rings is 1. The Hall–Kier alpha value is -3.17. The van der Waals surface area contributed by atoms with E-state index in [1.165, 1.54) is 18.5 Å². The molecule has 0 aromatic carbocycles. The first kappa shape index (κ1) is 20.1. The first-order chi connectivity index (χ1) is 14.4. The molecule has 3 aromatic rings. The van der Waals surface area contributed by atoms with Gasteiger partial charge in [-0.3, -0.25) is 4.79 Å². The zero-order valence-corrected chi connectivity index (χ0v) is 16.1. The summed E-state index contributed by atoms with van der Waals surface area (Å²) in [4.78, 5) is 29.8. The fraction of sp³-hybridized carbons (Fsp3) is 0.400. The number of piperidine rings is 1. The normalized spacial score (nSPS) is 17.3. The average Bonchev–Trinajstić information content (AvgIpc) is 3.21. The highest BCUT2D eigenvalue weighted by Gasteiger charge is 2.32. The van der Waals surface area contributed by atoms with Crippen LogP contribution in [0.4, 0.5) is 24.8 Å². The first-order valence-corrected chi connectivity index (χ1v) is 9.73. The van der Waals surface area contributed by atoms with Gasteiger partial charge in [0.15, 0.2) is 5.78 Å². The maximum atomic E-state index is 12.8. The van der Waals surface area contributed by atoms with Crippen molar-refractivity contribution in [2.45, 2.75) is 25.4 Å². The zero-order valence-electron chi connectivity index (χ0n) is 16.1. The number of hydrogen-bond acceptors (Lipinski definition) is 6. The Labute approximate surface area is 170 Å². The second-order valence-electron chi connectivity index (χ2n) is 7.39. The molecule has 1 saturated heterocycles. The standard InChI is InChI=1S/C20H21F3N6O/c21-20(22,23)16-4-1-5-17(28-16)25-10-14(30)9-13-3-2-8-29(11-13)19-15-6-7-24-18(15)26-12-27-19/h1,4-7,12-13H,2-3,8-11H2,(H,25,28)(H,24,26,27). The quantitative estimate of drug-likeness (QED) is 0.635. The highest BCUT2D eigenvalue weighted by Crippen LogP contribution is 2.29. The number of anilines is 2. The minimum Gasteiger partial charge on any atom is -0.363 e. The Morgan fingerprint density at radius 1 is 1.27 bits per heavy atom. The Morgan fingerprint density at radius 3 is 2.97 bits per heavy atom. The molecule has 30 heavy (non-hydrogen) atoms. The van der Waals surface area contributed by atoms with Crippen molar-refractivity contribution in [3.63, 3.8) is 0 Å². The number of hydrogen-bond donors (Lipinski definition) is 2. The molecule has 4 rings (SSSR count). The van der Waals surface area contributed by atoms with Crippen LogP contribution in [-0.4, -0.2) is 45.4 Å². The summed E-state index contributed by atoms with van der Waals surface area (Å²) in [6.07, 6.45) is 1.04. The summed E-state index contributed by atoms with van der Waals surface area (Å²) in [6, 6.07) is 5.52. The van der Waals surface area contributed by atoms with Crippen molar-refractivity contribution >= 4 is 28.5 Å². The number of halogens is 3. The van der Waals surface area contributed by atoms with Gasteiger partial charge in [-0.05, 0) is 37.0 Å². The smallest absolute Gasteiger partial charge is 0.363 e. The van der Waals surface area contributed by atoms with Crippen molar-refractivity contribution in [1.82, 2.24) is 19.9 Å². The van der Waals surface area contributed by atoms with E-state index in [0.717, 1.165) is 42.3 Å². The first-order valence-electron chi connectivity index (χ1n) is 9.73. The second kappa shape index (κ2) is 8.29. The van der Waals surface area contributed by atoms with Crippen molar-refractivity contribution in [3.05, 3.63) is 42.5 Å². The van der Waals surface area contributed by atoms with Gasteiger partial charge < -0.3 is 15.2 Å². The Bertz CT molecular complexity index is 1030. The van der Waals surface area contributed by atoms with E-state index in [4.69, 9.17) is 0 Å². The van der Waals surface area contributed by atoms with Crippen molar-refractivity contribution in [3.8, 4) is 0 Å². The third-order valence-electron chi connectivity index (χ3n) is 5.17. The lowest BCUT2D eigenvalue weighted by Gasteiger charge is -2.33. The van der Waals surface area contributed by atoms with Crippen molar-refractivity contribution < 1.29 is 18.0 Å². The predicted molar refractivity (Wildman–Crippen MR) is 106 cm³/mol. The molecule has 1 atom stereocenters. The van der Waals surface area contributed by atoms with E-state index in [0.29, 0.717) is 13.0 Å². The maximum Gasteiger partial charge on any atom is 0.433 e. The largest absolute Gasteiger partial charge is 0.433 e. The minimum absolute atomic E-state index is 0.0410. The average molecular weight is 418 g/mol. The number of nitrogens with one attached hydrogen (secondary N) is 2. The lowest BCUT2D eigenvalue weighted by molar-refractivity contribution is -0.141. The van der Waals surface area contributed by atoms with Gasteiger partial charge >= 0.3 is 6.18 Å². The fourth-order valence-electron chi connectivity index (χ4n) is 3.81. The summed E-state index contributed by atoms with van der Waals surface area (Å²) in [5.74, 6) is 0.992. The van der Waals surface area contributed by atoms with Crippen LogP contribution in [0.1, 0.15) is 25.0 Å². The molecule has 1 fully saturated rings. The van der Waals surface area contributed by atoms with Crippen LogP contribution < -0.4 is 10.2 Å². The number of aromatic nitrogens is 4. The third kappa shape index (κ3) is 4.52. The predicted octanol–water partition coefficient (Wildman–Crippen LogP) is 3.66. The van der Waals surface area contributed by atoms with Crippen LogP contribution in [0.5, 0.6) is 0 Å². The third-order valence-corrected chi connectivity index (χ3v) is 5.17. The van der Waals surface area contributed by atoms with Crippen LogP contribution in [0.3, 0.4) is 0 Å². The number of alkyl halides is 3. The molecule has 158 valence electrons. The van der Waals surface area contributed by atoms with E-state index in [1.54, 1.807) is 0 Å². The van der Waals surface area contributed by atoms with Crippen LogP contribution in [0.15, 0.2) is 36.8 Å². The topological polar surface area (TPSA) is 86.8 Å². The van der Waals surface area contributed by atoms with Gasteiger partial charge in [-0.15, -0.1) is 0 Å². The van der Waals surface area contributed by atoms with E-state index >= 15 is 0 Å². The summed E-state index contributed by atoms with van der Waals surface area (Å²) < 4.78 is 38.3. The molecule has 1 unspecified atom stereocenters. The molecule has 1 aliphatic rings. The molecule has 0 saturated carbocycles. The molecular formula is C20H21F3N6O. The summed E-state index contributed by atoms with van der Waals surface area (Å²) >= 11 is 0. The van der Waals surface area contributed by atoms with Gasteiger partial charge in [-0.2, -0.15) is 13.2 Å². The van der Waals surface area contributed by atoms with E-state index in [9.17, 15) is 18.0 Å².